The van der Waals surface area contributed by atoms with E-state index in [1.165, 1.54) is 9.79 Å². The second-order valence-corrected chi connectivity index (χ2v) is 15.7. The largest absolute Gasteiger partial charge is 0.491 e. The van der Waals surface area contributed by atoms with Crippen LogP contribution in [0.25, 0.3) is 0 Å². The molecule has 0 unspecified atom stereocenters. The van der Waals surface area contributed by atoms with Crippen LogP contribution in [0.5, 0.6) is 11.5 Å². The summed E-state index contributed by atoms with van der Waals surface area (Å²) in [6, 6.07) is 16.9. The lowest BCUT2D eigenvalue weighted by Gasteiger charge is -2.14. The van der Waals surface area contributed by atoms with Crippen LogP contribution in [0.2, 0.25) is 0 Å². The molecule has 4 rings (SSSR count). The first-order chi connectivity index (χ1) is 25.3. The number of hydrogen-bond donors (Lipinski definition) is 0. The summed E-state index contributed by atoms with van der Waals surface area (Å²) >= 11 is 0. The molecule has 0 amide bonds. The topological polar surface area (TPSA) is 102 Å². The number of rotatable bonds is 27. The Labute approximate surface area is 311 Å². The van der Waals surface area contributed by atoms with Gasteiger partial charge in [-0.1, -0.05) is 0 Å². The molecule has 2 aliphatic rings. The first-order valence-electron chi connectivity index (χ1n) is 18.3. The van der Waals surface area contributed by atoms with Gasteiger partial charge in [-0.3, -0.25) is 0 Å². The first-order valence-corrected chi connectivity index (χ1v) is 21.4. The molecule has 13 heteroatoms. The highest BCUT2D eigenvalue weighted by atomic mass is 32.2. The monoisotopic (exact) mass is 758 g/mol. The van der Waals surface area contributed by atoms with Gasteiger partial charge in [-0.05, 0) is 62.4 Å². The number of hydrogen-bond acceptors (Lipinski definition) is 11. The van der Waals surface area contributed by atoms with E-state index in [-0.39, 0.29) is 0 Å². The quantitative estimate of drug-likeness (QED) is 0.0964. The zero-order chi connectivity index (χ0) is 35.9. The molecule has 0 N–H and O–H groups in total. The molecule has 290 valence electrons. The highest BCUT2D eigenvalue weighted by Gasteiger charge is 2.26. The van der Waals surface area contributed by atoms with Gasteiger partial charge < -0.3 is 52.1 Å². The van der Waals surface area contributed by atoms with Crippen LogP contribution < -0.4 is 9.47 Å². The summed E-state index contributed by atoms with van der Waals surface area (Å²) in [6.07, 6.45) is 0. The minimum atomic E-state index is 0.333. The third kappa shape index (κ3) is 21.6. The third-order valence-electron chi connectivity index (χ3n) is 7.47. The Bertz CT molecular complexity index is 1050. The Morgan fingerprint density at radius 2 is 0.667 bits per heavy atom. The van der Waals surface area contributed by atoms with Gasteiger partial charge >= 0.3 is 0 Å². The van der Waals surface area contributed by atoms with Gasteiger partial charge in [-0.15, -0.1) is 0 Å². The van der Waals surface area contributed by atoms with E-state index in [9.17, 15) is 0 Å². The SMILES string of the molecule is CCOCCOCCOCCOCCOc1ccc([S+]2CCOCC2)cc1.CCOCCOCCOCCOc1ccc([S+]2CCOCC2)cc1. The molecule has 11 nitrogen and oxygen atoms in total. The van der Waals surface area contributed by atoms with Gasteiger partial charge in [-0.25, -0.2) is 0 Å². The van der Waals surface area contributed by atoms with Gasteiger partial charge in [0.2, 0.25) is 0 Å². The second-order valence-electron chi connectivity index (χ2n) is 11.1. The van der Waals surface area contributed by atoms with Crippen LogP contribution in [0, 0.1) is 0 Å². The minimum absolute atomic E-state index is 0.333. The van der Waals surface area contributed by atoms with E-state index < -0.39 is 0 Å². The molecule has 0 aromatic heterocycles. The average Bonchev–Trinajstić information content (AvgIpc) is 3.19. The fraction of sp³-hybridized carbons (Fsp3) is 0.684. The van der Waals surface area contributed by atoms with Crippen LogP contribution in [0.3, 0.4) is 0 Å². The second kappa shape index (κ2) is 30.8. The van der Waals surface area contributed by atoms with Crippen LogP contribution in [0.4, 0.5) is 0 Å². The fourth-order valence-electron chi connectivity index (χ4n) is 4.80. The summed E-state index contributed by atoms with van der Waals surface area (Å²) in [5.74, 6) is 6.33. The molecule has 0 saturated carbocycles. The molecule has 2 fully saturated rings. The van der Waals surface area contributed by atoms with Crippen LogP contribution in [-0.2, 0) is 64.4 Å². The molecule has 0 radical (unpaired) electrons. The maximum absolute atomic E-state index is 5.72. The molecule has 0 atom stereocenters. The van der Waals surface area contributed by atoms with E-state index >= 15 is 0 Å². The van der Waals surface area contributed by atoms with Crippen molar-refractivity contribution in [1.29, 1.82) is 0 Å². The molecule has 2 aromatic rings. The predicted octanol–water partition coefficient (Wildman–Crippen LogP) is 4.30. The van der Waals surface area contributed by atoms with E-state index in [0.29, 0.717) is 114 Å². The minimum Gasteiger partial charge on any atom is -0.491 e. The highest BCUT2D eigenvalue weighted by Crippen LogP contribution is 2.22. The Hall–Kier alpha value is -1.62. The average molecular weight is 759 g/mol. The van der Waals surface area contributed by atoms with Crippen molar-refractivity contribution in [3.8, 4) is 11.5 Å². The van der Waals surface area contributed by atoms with Crippen LogP contribution in [0.15, 0.2) is 58.3 Å². The zero-order valence-electron chi connectivity index (χ0n) is 30.9. The third-order valence-corrected chi connectivity index (χ3v) is 12.0. The van der Waals surface area contributed by atoms with Crippen molar-refractivity contribution in [2.75, 3.05) is 155 Å². The molecule has 2 aliphatic heterocycles. The summed E-state index contributed by atoms with van der Waals surface area (Å²) in [4.78, 5) is 2.81. The fourth-order valence-corrected chi connectivity index (χ4v) is 8.47. The maximum atomic E-state index is 5.72. The van der Waals surface area contributed by atoms with Crippen molar-refractivity contribution in [1.82, 2.24) is 0 Å². The smallest absolute Gasteiger partial charge is 0.155 e. The van der Waals surface area contributed by atoms with E-state index in [4.69, 9.17) is 52.1 Å². The first kappa shape index (κ1) is 43.8. The van der Waals surface area contributed by atoms with Crippen molar-refractivity contribution < 1.29 is 52.1 Å². The van der Waals surface area contributed by atoms with E-state index in [2.05, 4.69) is 36.4 Å². The van der Waals surface area contributed by atoms with E-state index in [1.54, 1.807) is 0 Å². The van der Waals surface area contributed by atoms with Crippen LogP contribution >= 0.6 is 0 Å². The highest BCUT2D eigenvalue weighted by molar-refractivity contribution is 7.97. The maximum Gasteiger partial charge on any atom is 0.155 e. The lowest BCUT2D eigenvalue weighted by molar-refractivity contribution is -0.00342. The molecule has 0 aliphatic carbocycles. The summed E-state index contributed by atoms with van der Waals surface area (Å²) in [5.41, 5.74) is 0. The molecule has 51 heavy (non-hydrogen) atoms. The van der Waals surface area contributed by atoms with E-state index in [1.807, 2.05) is 26.0 Å². The van der Waals surface area contributed by atoms with Crippen molar-refractivity contribution in [3.63, 3.8) is 0 Å². The van der Waals surface area contributed by atoms with Gasteiger partial charge in [0.25, 0.3) is 0 Å². The summed E-state index contributed by atoms with van der Waals surface area (Å²) in [6.45, 7) is 17.1. The van der Waals surface area contributed by atoms with Crippen LogP contribution in [-0.4, -0.2) is 155 Å². The zero-order valence-corrected chi connectivity index (χ0v) is 32.5. The Morgan fingerprint density at radius 1 is 0.392 bits per heavy atom. The molecule has 2 aromatic carbocycles. The summed E-state index contributed by atoms with van der Waals surface area (Å²) in [7, 11) is 0.674. The van der Waals surface area contributed by atoms with Crippen molar-refractivity contribution in [3.05, 3.63) is 48.5 Å². The Morgan fingerprint density at radius 3 is 0.961 bits per heavy atom. The predicted molar refractivity (Wildman–Crippen MR) is 203 cm³/mol. The molecular formula is C38H62O11S2+2. The standard InChI is InChI=1S/C20H33O6S.C18H29O5S/c1-2-21-7-8-22-9-10-23-11-12-24-13-14-26-19-3-5-20(6-4-19)27-17-15-25-16-18-27;1-2-19-7-8-20-9-10-21-11-12-23-17-3-5-18(6-4-17)24-15-13-22-14-16-24/h3-6H,2,7-18H2,1H3;3-6H,2,7-16H2,1H3/q2*+1. The number of ether oxygens (including phenoxy) is 11. The molecule has 2 saturated heterocycles. The van der Waals surface area contributed by atoms with Gasteiger partial charge in [0, 0.05) is 35.0 Å². The molecule has 2 heterocycles. The Balaban J connectivity index is 0.000000277. The van der Waals surface area contributed by atoms with Crippen LogP contribution in [0.1, 0.15) is 13.8 Å². The van der Waals surface area contributed by atoms with Gasteiger partial charge in [0.05, 0.1) is 106 Å². The van der Waals surface area contributed by atoms with Gasteiger partial charge in [0.1, 0.15) is 47.7 Å². The van der Waals surface area contributed by atoms with Crippen molar-refractivity contribution in [2.45, 2.75) is 23.6 Å². The summed E-state index contributed by atoms with van der Waals surface area (Å²) in [5, 5.41) is 0. The molecular weight excluding hydrogens is 697 g/mol. The summed E-state index contributed by atoms with van der Waals surface area (Å²) < 4.78 is 59.8. The van der Waals surface area contributed by atoms with Gasteiger partial charge in [-0.2, -0.15) is 0 Å². The van der Waals surface area contributed by atoms with E-state index in [0.717, 1.165) is 74.2 Å². The Kier molecular flexibility index (Phi) is 26.4. The van der Waals surface area contributed by atoms with Crippen molar-refractivity contribution in [2.24, 2.45) is 0 Å². The molecule has 0 bridgehead atoms. The molecule has 0 spiro atoms. The normalized spacial score (nSPS) is 15.3. The van der Waals surface area contributed by atoms with Crippen molar-refractivity contribution >= 4 is 21.8 Å². The lowest BCUT2D eigenvalue weighted by Crippen LogP contribution is -2.26. The van der Waals surface area contributed by atoms with Gasteiger partial charge in [0.15, 0.2) is 9.79 Å². The lowest BCUT2D eigenvalue weighted by atomic mass is 10.3. The number of benzene rings is 2.